The molecule has 0 spiro atoms. The molecule has 0 aromatic carbocycles. The fourth-order valence-corrected chi connectivity index (χ4v) is 4.64. The molecule has 2 aromatic heterocycles. The molecule has 5 rings (SSSR count). The van der Waals surface area contributed by atoms with Gasteiger partial charge >= 0.3 is 0 Å². The van der Waals surface area contributed by atoms with Gasteiger partial charge in [0.15, 0.2) is 0 Å². The van der Waals surface area contributed by atoms with E-state index in [2.05, 4.69) is 25.8 Å². The largest absolute Gasteiger partial charge is 0.353 e. The number of hydrogen-bond donors (Lipinski definition) is 0. The van der Waals surface area contributed by atoms with Gasteiger partial charge in [-0.15, -0.1) is 11.3 Å². The molecule has 1 atom stereocenters. The first kappa shape index (κ1) is 15.2. The zero-order valence-electron chi connectivity index (χ0n) is 13.8. The number of thiophene rings is 1. The average Bonchev–Trinajstić information content (AvgIpc) is 3.25. The number of rotatable bonds is 3. The number of aromatic nitrogens is 2. The Bertz CT molecular complexity index is 840. The van der Waals surface area contributed by atoms with Gasteiger partial charge in [0.05, 0.1) is 17.8 Å². The highest BCUT2D eigenvalue weighted by Gasteiger charge is 2.48. The van der Waals surface area contributed by atoms with Crippen molar-refractivity contribution in [3.63, 3.8) is 0 Å². The van der Waals surface area contributed by atoms with Gasteiger partial charge in [-0.2, -0.15) is 0 Å². The summed E-state index contributed by atoms with van der Waals surface area (Å²) in [5.41, 5.74) is 0. The van der Waals surface area contributed by atoms with Gasteiger partial charge in [-0.25, -0.2) is 9.97 Å². The van der Waals surface area contributed by atoms with Gasteiger partial charge in [0.25, 0.3) is 0 Å². The highest BCUT2D eigenvalue weighted by molar-refractivity contribution is 7.16. The maximum atomic E-state index is 12.6. The number of carbonyl (C=O) groups is 2. The maximum absolute atomic E-state index is 12.6. The third-order valence-electron chi connectivity index (χ3n) is 5.37. The molecule has 1 aliphatic carbocycles. The van der Waals surface area contributed by atoms with Crippen molar-refractivity contribution in [1.29, 1.82) is 0 Å². The molecule has 4 heterocycles. The van der Waals surface area contributed by atoms with Crippen molar-refractivity contribution in [2.75, 3.05) is 31.1 Å². The molecule has 25 heavy (non-hydrogen) atoms. The molecular weight excluding hydrogens is 338 g/mol. The first-order chi connectivity index (χ1) is 12.2. The molecule has 3 fully saturated rings. The van der Waals surface area contributed by atoms with Gasteiger partial charge in [0.2, 0.25) is 11.8 Å². The monoisotopic (exact) mass is 357 g/mol. The van der Waals surface area contributed by atoms with Crippen molar-refractivity contribution in [3.05, 3.63) is 17.8 Å². The number of hydrogen-bond acceptors (Lipinski definition) is 7. The van der Waals surface area contributed by atoms with Crippen LogP contribution in [0.1, 0.15) is 19.3 Å². The van der Waals surface area contributed by atoms with E-state index in [1.165, 1.54) is 4.90 Å². The van der Waals surface area contributed by atoms with Crippen molar-refractivity contribution in [2.45, 2.75) is 31.3 Å². The lowest BCUT2D eigenvalue weighted by Gasteiger charge is -2.37. The van der Waals surface area contributed by atoms with Crippen LogP contribution in [0.3, 0.4) is 0 Å². The van der Waals surface area contributed by atoms with Gasteiger partial charge in [-0.05, 0) is 24.3 Å². The number of carbonyl (C=O) groups excluding carboxylic acids is 2. The second-order valence-corrected chi connectivity index (χ2v) is 7.81. The molecule has 3 aliphatic rings. The summed E-state index contributed by atoms with van der Waals surface area (Å²) in [4.78, 5) is 40.5. The Morgan fingerprint density at radius 2 is 1.88 bits per heavy atom. The fraction of sp³-hybridized carbons (Fsp3) is 0.529. The summed E-state index contributed by atoms with van der Waals surface area (Å²) in [6.45, 7) is 3.17. The summed E-state index contributed by atoms with van der Waals surface area (Å²) in [7, 11) is 0. The summed E-state index contributed by atoms with van der Waals surface area (Å²) < 4.78 is 0. The van der Waals surface area contributed by atoms with Crippen LogP contribution in [0.15, 0.2) is 17.8 Å². The summed E-state index contributed by atoms with van der Waals surface area (Å²) in [6, 6.07) is 1.98. The molecule has 2 amide bonds. The standard InChI is InChI=1S/C17H19N5O2S/c23-14-9-13(17(24)22(14)11-1-2-11)20-4-6-21(7-5-20)15-12-3-8-25-16(12)19-10-18-15/h3,8,10-11,13H,1-2,4-7,9H2. The highest BCUT2D eigenvalue weighted by Crippen LogP contribution is 2.33. The van der Waals surface area contributed by atoms with Crippen LogP contribution in [0, 0.1) is 0 Å². The van der Waals surface area contributed by atoms with E-state index < -0.39 is 0 Å². The van der Waals surface area contributed by atoms with Gasteiger partial charge in [0.1, 0.15) is 17.0 Å². The number of anilines is 1. The lowest BCUT2D eigenvalue weighted by molar-refractivity contribution is -0.140. The Balaban J connectivity index is 1.29. The minimum atomic E-state index is -0.262. The van der Waals surface area contributed by atoms with Crippen LogP contribution in [0.2, 0.25) is 0 Å². The quantitative estimate of drug-likeness (QED) is 0.767. The predicted octanol–water partition coefficient (Wildman–Crippen LogP) is 1.10. The minimum absolute atomic E-state index is 0.00992. The lowest BCUT2D eigenvalue weighted by Crippen LogP contribution is -2.53. The Hall–Kier alpha value is -2.06. The topological polar surface area (TPSA) is 69.6 Å². The Morgan fingerprint density at radius 3 is 2.64 bits per heavy atom. The van der Waals surface area contributed by atoms with E-state index in [0.29, 0.717) is 6.42 Å². The van der Waals surface area contributed by atoms with Crippen LogP contribution < -0.4 is 4.90 Å². The zero-order valence-corrected chi connectivity index (χ0v) is 14.6. The number of fused-ring (bicyclic) bond motifs is 1. The third kappa shape index (κ3) is 2.51. The van der Waals surface area contributed by atoms with Crippen molar-refractivity contribution in [1.82, 2.24) is 19.8 Å². The first-order valence-electron chi connectivity index (χ1n) is 8.75. The molecule has 8 heteroatoms. The van der Waals surface area contributed by atoms with E-state index >= 15 is 0 Å². The normalized spacial score (nSPS) is 25.4. The highest BCUT2D eigenvalue weighted by atomic mass is 32.1. The maximum Gasteiger partial charge on any atom is 0.247 e. The van der Waals surface area contributed by atoms with Gasteiger partial charge < -0.3 is 4.90 Å². The van der Waals surface area contributed by atoms with E-state index in [-0.39, 0.29) is 23.9 Å². The molecule has 1 saturated carbocycles. The van der Waals surface area contributed by atoms with E-state index in [9.17, 15) is 9.59 Å². The Labute approximate surface area is 149 Å². The Kier molecular flexibility index (Phi) is 3.49. The molecule has 2 saturated heterocycles. The number of likely N-dealkylation sites (tertiary alicyclic amines) is 1. The van der Waals surface area contributed by atoms with E-state index in [4.69, 9.17) is 0 Å². The van der Waals surface area contributed by atoms with Crippen molar-refractivity contribution in [2.24, 2.45) is 0 Å². The van der Waals surface area contributed by atoms with Crippen molar-refractivity contribution >= 4 is 39.2 Å². The van der Waals surface area contributed by atoms with Crippen molar-refractivity contribution in [3.8, 4) is 0 Å². The summed E-state index contributed by atoms with van der Waals surface area (Å²) in [5.74, 6) is 0.998. The predicted molar refractivity (Wildman–Crippen MR) is 94.5 cm³/mol. The molecule has 0 radical (unpaired) electrons. The lowest BCUT2D eigenvalue weighted by atomic mass is 10.1. The molecule has 2 aromatic rings. The van der Waals surface area contributed by atoms with Crippen LogP contribution >= 0.6 is 11.3 Å². The van der Waals surface area contributed by atoms with Gasteiger partial charge in [0, 0.05) is 32.2 Å². The molecular formula is C17H19N5O2S. The van der Waals surface area contributed by atoms with Crippen LogP contribution in [0.5, 0.6) is 0 Å². The minimum Gasteiger partial charge on any atom is -0.353 e. The summed E-state index contributed by atoms with van der Waals surface area (Å²) >= 11 is 1.62. The van der Waals surface area contributed by atoms with Gasteiger partial charge in [-0.1, -0.05) is 0 Å². The summed E-state index contributed by atoms with van der Waals surface area (Å²) in [6.07, 6.45) is 3.91. The van der Waals surface area contributed by atoms with Crippen molar-refractivity contribution < 1.29 is 9.59 Å². The number of piperazine rings is 1. The molecule has 0 bridgehead atoms. The Morgan fingerprint density at radius 1 is 1.08 bits per heavy atom. The zero-order chi connectivity index (χ0) is 17.0. The van der Waals surface area contributed by atoms with E-state index in [1.54, 1.807) is 17.7 Å². The van der Waals surface area contributed by atoms with Crippen LogP contribution in [-0.2, 0) is 9.59 Å². The number of nitrogens with zero attached hydrogens (tertiary/aromatic N) is 5. The van der Waals surface area contributed by atoms with Crippen LogP contribution in [0.25, 0.3) is 10.2 Å². The SMILES string of the molecule is O=C1CC(N2CCN(c3ncnc4sccc34)CC2)C(=O)N1C1CC1. The number of imide groups is 1. The molecule has 1 unspecified atom stereocenters. The molecule has 2 aliphatic heterocycles. The van der Waals surface area contributed by atoms with Crippen LogP contribution in [-0.4, -0.2) is 69.8 Å². The fourth-order valence-electron chi connectivity index (χ4n) is 3.91. The molecule has 0 N–H and O–H groups in total. The first-order valence-corrected chi connectivity index (χ1v) is 9.63. The second kappa shape index (κ2) is 5.74. The van der Waals surface area contributed by atoms with E-state index in [0.717, 1.165) is 55.1 Å². The van der Waals surface area contributed by atoms with Crippen LogP contribution in [0.4, 0.5) is 5.82 Å². The molecule has 130 valence electrons. The van der Waals surface area contributed by atoms with E-state index in [1.807, 2.05) is 5.38 Å². The van der Waals surface area contributed by atoms with Gasteiger partial charge in [-0.3, -0.25) is 19.4 Å². The summed E-state index contributed by atoms with van der Waals surface area (Å²) in [5, 5.41) is 3.13. The average molecular weight is 357 g/mol. The second-order valence-electron chi connectivity index (χ2n) is 6.91. The number of amides is 2. The third-order valence-corrected chi connectivity index (χ3v) is 6.19. The smallest absolute Gasteiger partial charge is 0.247 e. The molecule has 7 nitrogen and oxygen atoms in total.